The molecule has 2 nitrogen and oxygen atoms in total. The fourth-order valence-corrected chi connectivity index (χ4v) is 3.07. The highest BCUT2D eigenvalue weighted by Gasteiger charge is 2.28. The molecule has 1 fully saturated rings. The highest BCUT2D eigenvalue weighted by molar-refractivity contribution is 5.35. The Morgan fingerprint density at radius 2 is 2.21 bits per heavy atom. The molecule has 3 heteroatoms. The highest BCUT2D eigenvalue weighted by Crippen LogP contribution is 2.32. The molecule has 2 atom stereocenters. The van der Waals surface area contributed by atoms with E-state index in [1.807, 2.05) is 13.8 Å². The highest BCUT2D eigenvalue weighted by atomic mass is 19.1. The topological polar surface area (TPSA) is 21.3 Å². The van der Waals surface area contributed by atoms with Gasteiger partial charge in [0.15, 0.2) is 0 Å². The first-order valence-electron chi connectivity index (χ1n) is 7.21. The number of hydrogen-bond donors (Lipinski definition) is 1. The summed E-state index contributed by atoms with van der Waals surface area (Å²) in [6.45, 7) is 8.41. The van der Waals surface area contributed by atoms with Crippen molar-refractivity contribution in [2.75, 3.05) is 19.8 Å². The zero-order valence-electron chi connectivity index (χ0n) is 12.1. The van der Waals surface area contributed by atoms with Gasteiger partial charge in [-0.3, -0.25) is 0 Å². The molecular weight excluding hydrogens is 241 g/mol. The van der Waals surface area contributed by atoms with Crippen LogP contribution in [0.15, 0.2) is 12.1 Å². The van der Waals surface area contributed by atoms with E-state index in [2.05, 4.69) is 18.3 Å². The number of aryl methyl sites for hydroxylation is 2. The van der Waals surface area contributed by atoms with Crippen molar-refractivity contribution < 1.29 is 9.13 Å². The van der Waals surface area contributed by atoms with E-state index in [1.165, 1.54) is 0 Å². The number of halogens is 1. The molecule has 0 saturated carbocycles. The van der Waals surface area contributed by atoms with Crippen LogP contribution < -0.4 is 5.32 Å². The molecule has 2 unspecified atom stereocenters. The van der Waals surface area contributed by atoms with Crippen LogP contribution in [0.3, 0.4) is 0 Å². The van der Waals surface area contributed by atoms with Gasteiger partial charge in [0.1, 0.15) is 5.82 Å². The minimum atomic E-state index is -0.0889. The van der Waals surface area contributed by atoms with E-state index in [0.717, 1.165) is 49.3 Å². The Labute approximate surface area is 115 Å². The van der Waals surface area contributed by atoms with Crippen molar-refractivity contribution in [3.63, 3.8) is 0 Å². The van der Waals surface area contributed by atoms with E-state index in [4.69, 9.17) is 4.74 Å². The van der Waals surface area contributed by atoms with Crippen LogP contribution in [0, 0.1) is 25.6 Å². The lowest BCUT2D eigenvalue weighted by Gasteiger charge is -2.32. The molecule has 0 amide bonds. The maximum absolute atomic E-state index is 14.4. The summed E-state index contributed by atoms with van der Waals surface area (Å²) in [4.78, 5) is 0. The monoisotopic (exact) mass is 265 g/mol. The molecule has 1 heterocycles. The molecule has 0 spiro atoms. The Balaban J connectivity index is 2.32. The van der Waals surface area contributed by atoms with Crippen molar-refractivity contribution in [1.82, 2.24) is 5.32 Å². The Morgan fingerprint density at radius 1 is 1.42 bits per heavy atom. The summed E-state index contributed by atoms with van der Waals surface area (Å²) in [6.07, 6.45) is 2.17. The second-order valence-corrected chi connectivity index (χ2v) is 5.49. The molecule has 1 aromatic carbocycles. The van der Waals surface area contributed by atoms with Crippen molar-refractivity contribution in [3.05, 3.63) is 34.6 Å². The minimum absolute atomic E-state index is 0.0610. The summed E-state index contributed by atoms with van der Waals surface area (Å²) in [5.41, 5.74) is 2.84. The Morgan fingerprint density at radius 3 is 2.79 bits per heavy atom. The third-order valence-electron chi connectivity index (χ3n) is 3.88. The van der Waals surface area contributed by atoms with Gasteiger partial charge in [-0.2, -0.15) is 0 Å². The van der Waals surface area contributed by atoms with Gasteiger partial charge in [0, 0.05) is 24.1 Å². The average Bonchev–Trinajstić information content (AvgIpc) is 2.37. The van der Waals surface area contributed by atoms with E-state index in [9.17, 15) is 4.39 Å². The first-order chi connectivity index (χ1) is 9.13. The lowest BCUT2D eigenvalue weighted by molar-refractivity contribution is 0.0386. The van der Waals surface area contributed by atoms with Crippen molar-refractivity contribution in [1.29, 1.82) is 0 Å². The standard InChI is InChI=1S/C16H24FNO/c1-4-18-16(13-6-5-7-19-10-13)15-12(3)8-11(2)9-14(15)17/h8-9,13,16,18H,4-7,10H2,1-3H3. The first kappa shape index (κ1) is 14.5. The van der Waals surface area contributed by atoms with Gasteiger partial charge in [0.05, 0.1) is 6.61 Å². The Bertz CT molecular complexity index is 404. The zero-order chi connectivity index (χ0) is 13.8. The lowest BCUT2D eigenvalue weighted by atomic mass is 9.86. The van der Waals surface area contributed by atoms with Crippen molar-refractivity contribution in [3.8, 4) is 0 Å². The smallest absolute Gasteiger partial charge is 0.128 e. The van der Waals surface area contributed by atoms with E-state index >= 15 is 0 Å². The summed E-state index contributed by atoms with van der Waals surface area (Å²) in [5.74, 6) is 0.277. The molecule has 0 aliphatic carbocycles. The number of benzene rings is 1. The number of rotatable bonds is 4. The number of nitrogens with one attached hydrogen (secondary N) is 1. The van der Waals surface area contributed by atoms with Crippen molar-refractivity contribution in [2.24, 2.45) is 5.92 Å². The maximum Gasteiger partial charge on any atom is 0.128 e. The average molecular weight is 265 g/mol. The summed E-state index contributed by atoms with van der Waals surface area (Å²) >= 11 is 0. The molecule has 0 bridgehead atoms. The molecule has 1 saturated heterocycles. The molecule has 19 heavy (non-hydrogen) atoms. The molecule has 0 aromatic heterocycles. The van der Waals surface area contributed by atoms with E-state index in [0.29, 0.717) is 5.92 Å². The Hall–Kier alpha value is -0.930. The van der Waals surface area contributed by atoms with Gasteiger partial charge in [-0.15, -0.1) is 0 Å². The van der Waals surface area contributed by atoms with Gasteiger partial charge >= 0.3 is 0 Å². The quantitative estimate of drug-likeness (QED) is 0.899. The van der Waals surface area contributed by atoms with Crippen LogP contribution in [0.2, 0.25) is 0 Å². The first-order valence-corrected chi connectivity index (χ1v) is 7.21. The molecule has 0 radical (unpaired) electrons. The largest absolute Gasteiger partial charge is 0.381 e. The number of hydrogen-bond acceptors (Lipinski definition) is 2. The SMILES string of the molecule is CCNC(c1c(C)cc(C)cc1F)C1CCCOC1. The van der Waals surface area contributed by atoms with Crippen LogP contribution in [0.4, 0.5) is 4.39 Å². The summed E-state index contributed by atoms with van der Waals surface area (Å²) in [5, 5.41) is 3.45. The van der Waals surface area contributed by atoms with E-state index < -0.39 is 0 Å². The molecule has 106 valence electrons. The molecule has 1 N–H and O–H groups in total. The van der Waals surface area contributed by atoms with Crippen molar-refractivity contribution >= 4 is 0 Å². The van der Waals surface area contributed by atoms with Gasteiger partial charge < -0.3 is 10.1 Å². The van der Waals surface area contributed by atoms with Crippen LogP contribution in [-0.4, -0.2) is 19.8 Å². The molecular formula is C16H24FNO. The summed E-state index contributed by atoms with van der Waals surface area (Å²) in [7, 11) is 0. The molecule has 1 aliphatic heterocycles. The predicted molar refractivity (Wildman–Crippen MR) is 75.8 cm³/mol. The normalized spacial score (nSPS) is 21.4. The van der Waals surface area contributed by atoms with Gasteiger partial charge in [-0.1, -0.05) is 13.0 Å². The van der Waals surface area contributed by atoms with E-state index in [1.54, 1.807) is 6.07 Å². The van der Waals surface area contributed by atoms with Crippen molar-refractivity contribution in [2.45, 2.75) is 39.7 Å². The predicted octanol–water partition coefficient (Wildman–Crippen LogP) is 3.52. The third-order valence-corrected chi connectivity index (χ3v) is 3.88. The van der Waals surface area contributed by atoms with Crippen LogP contribution >= 0.6 is 0 Å². The van der Waals surface area contributed by atoms with Crippen LogP contribution in [0.25, 0.3) is 0 Å². The minimum Gasteiger partial charge on any atom is -0.381 e. The third kappa shape index (κ3) is 3.34. The molecule has 2 rings (SSSR count). The lowest BCUT2D eigenvalue weighted by Crippen LogP contribution is -2.34. The molecule has 1 aromatic rings. The van der Waals surface area contributed by atoms with E-state index in [-0.39, 0.29) is 11.9 Å². The van der Waals surface area contributed by atoms with Crippen LogP contribution in [0.1, 0.15) is 42.5 Å². The van der Waals surface area contributed by atoms with Crippen LogP contribution in [-0.2, 0) is 4.74 Å². The second-order valence-electron chi connectivity index (χ2n) is 5.49. The maximum atomic E-state index is 14.4. The summed E-state index contributed by atoms with van der Waals surface area (Å²) in [6, 6.07) is 3.76. The van der Waals surface area contributed by atoms with Gasteiger partial charge in [0.25, 0.3) is 0 Å². The van der Waals surface area contributed by atoms with Crippen LogP contribution in [0.5, 0.6) is 0 Å². The van der Waals surface area contributed by atoms with Gasteiger partial charge in [-0.05, 0) is 50.4 Å². The molecule has 1 aliphatic rings. The Kier molecular flexibility index (Phi) is 4.94. The fourth-order valence-electron chi connectivity index (χ4n) is 3.07. The van der Waals surface area contributed by atoms with Gasteiger partial charge in [-0.25, -0.2) is 4.39 Å². The number of ether oxygens (including phenoxy) is 1. The fraction of sp³-hybridized carbons (Fsp3) is 0.625. The zero-order valence-corrected chi connectivity index (χ0v) is 12.1. The van der Waals surface area contributed by atoms with Gasteiger partial charge in [0.2, 0.25) is 0 Å². The second kappa shape index (κ2) is 6.49. The summed E-state index contributed by atoms with van der Waals surface area (Å²) < 4.78 is 19.9.